The summed E-state index contributed by atoms with van der Waals surface area (Å²) in [4.78, 5) is 11.5. The third-order valence-electron chi connectivity index (χ3n) is 2.51. The van der Waals surface area contributed by atoms with Crippen molar-refractivity contribution in [2.75, 3.05) is 13.7 Å². The molecule has 0 atom stereocenters. The second-order valence-corrected chi connectivity index (χ2v) is 3.52. The van der Waals surface area contributed by atoms with Crippen LogP contribution in [-0.2, 0) is 22.6 Å². The molecule has 1 aromatic carbocycles. The molecule has 0 bridgehead atoms. The Kier molecular flexibility index (Phi) is 5.15. The Bertz CT molecular complexity index is 477. The molecule has 0 heterocycles. The van der Waals surface area contributed by atoms with Gasteiger partial charge in [-0.05, 0) is 19.1 Å². The number of hydrogen-bond donors (Lipinski definition) is 1. The Labute approximate surface area is 106 Å². The molecule has 0 fully saturated rings. The number of esters is 1. The highest BCUT2D eigenvalue weighted by Crippen LogP contribution is 2.26. The Morgan fingerprint density at radius 3 is 2.67 bits per heavy atom. The molecule has 18 heavy (non-hydrogen) atoms. The smallest absolute Gasteiger partial charge is 0.310 e. The van der Waals surface area contributed by atoms with Crippen LogP contribution >= 0.6 is 0 Å². The highest BCUT2D eigenvalue weighted by molar-refractivity contribution is 5.74. The number of carbonyl (C=O) groups excluding carboxylic acids is 1. The van der Waals surface area contributed by atoms with E-state index in [-0.39, 0.29) is 19.6 Å². The van der Waals surface area contributed by atoms with Crippen molar-refractivity contribution in [3.63, 3.8) is 0 Å². The van der Waals surface area contributed by atoms with E-state index in [4.69, 9.17) is 14.7 Å². The van der Waals surface area contributed by atoms with E-state index < -0.39 is 5.97 Å². The van der Waals surface area contributed by atoms with Crippen LogP contribution < -0.4 is 4.74 Å². The summed E-state index contributed by atoms with van der Waals surface area (Å²) in [5.41, 5.74) is 1.24. The summed E-state index contributed by atoms with van der Waals surface area (Å²) in [6.45, 7) is 1.68. The first kappa shape index (κ1) is 14.0. The fourth-order valence-electron chi connectivity index (χ4n) is 1.70. The fraction of sp³-hybridized carbons (Fsp3) is 0.385. The van der Waals surface area contributed by atoms with Gasteiger partial charge >= 0.3 is 5.97 Å². The van der Waals surface area contributed by atoms with Gasteiger partial charge in [0.1, 0.15) is 5.75 Å². The molecule has 0 radical (unpaired) electrons. The monoisotopic (exact) mass is 249 g/mol. The van der Waals surface area contributed by atoms with Crippen molar-refractivity contribution < 1.29 is 19.4 Å². The number of carbonyl (C=O) groups is 1. The first-order valence-corrected chi connectivity index (χ1v) is 5.53. The summed E-state index contributed by atoms with van der Waals surface area (Å²) in [5.74, 6) is 0.0479. The molecule has 0 unspecified atom stereocenters. The minimum atomic E-state index is -0.416. The van der Waals surface area contributed by atoms with Crippen LogP contribution in [0.4, 0.5) is 0 Å². The molecule has 0 aliphatic heterocycles. The van der Waals surface area contributed by atoms with Gasteiger partial charge in [0, 0.05) is 11.1 Å². The normalized spacial score (nSPS) is 9.67. The number of benzene rings is 1. The summed E-state index contributed by atoms with van der Waals surface area (Å²) in [5, 5.41) is 18.3. The van der Waals surface area contributed by atoms with Gasteiger partial charge in [-0.1, -0.05) is 0 Å². The van der Waals surface area contributed by atoms with Gasteiger partial charge in [-0.15, -0.1) is 0 Å². The van der Waals surface area contributed by atoms with Gasteiger partial charge in [0.15, 0.2) is 0 Å². The zero-order chi connectivity index (χ0) is 13.5. The molecule has 0 aliphatic carbocycles. The SMILES string of the molecule is CCOC(=O)Cc1c(OC)ccc(C#N)c1CO. The van der Waals surface area contributed by atoms with Crippen molar-refractivity contribution in [3.05, 3.63) is 28.8 Å². The number of rotatable bonds is 5. The fourth-order valence-corrected chi connectivity index (χ4v) is 1.70. The zero-order valence-electron chi connectivity index (χ0n) is 10.4. The molecule has 96 valence electrons. The first-order valence-electron chi connectivity index (χ1n) is 5.53. The van der Waals surface area contributed by atoms with Crippen molar-refractivity contribution in [1.82, 2.24) is 0 Å². The summed E-state index contributed by atoms with van der Waals surface area (Å²) in [7, 11) is 1.47. The number of aliphatic hydroxyl groups is 1. The van der Waals surface area contributed by atoms with Crippen LogP contribution in [0.2, 0.25) is 0 Å². The van der Waals surface area contributed by atoms with Gasteiger partial charge in [0.25, 0.3) is 0 Å². The van der Waals surface area contributed by atoms with Gasteiger partial charge in [0.05, 0.1) is 38.4 Å². The van der Waals surface area contributed by atoms with E-state index in [0.717, 1.165) is 0 Å². The van der Waals surface area contributed by atoms with Crippen molar-refractivity contribution in [3.8, 4) is 11.8 Å². The Hall–Kier alpha value is -2.06. The molecular formula is C13H15NO4. The summed E-state index contributed by atoms with van der Waals surface area (Å²) >= 11 is 0. The summed E-state index contributed by atoms with van der Waals surface area (Å²) in [6.07, 6.45) is -0.0254. The van der Waals surface area contributed by atoms with Gasteiger partial charge in [-0.25, -0.2) is 0 Å². The number of methoxy groups -OCH3 is 1. The van der Waals surface area contributed by atoms with Gasteiger partial charge in [0.2, 0.25) is 0 Å². The summed E-state index contributed by atoms with van der Waals surface area (Å²) < 4.78 is 10.00. The highest BCUT2D eigenvalue weighted by atomic mass is 16.5. The van der Waals surface area contributed by atoms with Crippen LogP contribution in [0.3, 0.4) is 0 Å². The molecule has 0 saturated heterocycles. The van der Waals surface area contributed by atoms with Crippen LogP contribution in [0.25, 0.3) is 0 Å². The number of hydrogen-bond acceptors (Lipinski definition) is 5. The quantitative estimate of drug-likeness (QED) is 0.792. The molecule has 0 spiro atoms. The van der Waals surface area contributed by atoms with Crippen LogP contribution in [0.5, 0.6) is 5.75 Å². The maximum atomic E-state index is 11.5. The van der Waals surface area contributed by atoms with Crippen molar-refractivity contribution in [2.24, 2.45) is 0 Å². The third kappa shape index (κ3) is 2.99. The number of nitrogens with zero attached hydrogens (tertiary/aromatic N) is 1. The van der Waals surface area contributed by atoms with Crippen LogP contribution in [0.15, 0.2) is 12.1 Å². The molecular weight excluding hydrogens is 234 g/mol. The minimum absolute atomic E-state index is 0.0254. The molecule has 0 aliphatic rings. The number of nitriles is 1. The maximum absolute atomic E-state index is 11.5. The molecule has 1 rings (SSSR count). The average molecular weight is 249 g/mol. The third-order valence-corrected chi connectivity index (χ3v) is 2.51. The topological polar surface area (TPSA) is 79.5 Å². The molecule has 0 aromatic heterocycles. The highest BCUT2D eigenvalue weighted by Gasteiger charge is 2.17. The van der Waals surface area contributed by atoms with E-state index in [1.807, 2.05) is 6.07 Å². The van der Waals surface area contributed by atoms with E-state index in [9.17, 15) is 9.90 Å². The maximum Gasteiger partial charge on any atom is 0.310 e. The van der Waals surface area contributed by atoms with Crippen molar-refractivity contribution in [1.29, 1.82) is 5.26 Å². The van der Waals surface area contributed by atoms with E-state index in [2.05, 4.69) is 0 Å². The van der Waals surface area contributed by atoms with Crippen LogP contribution in [-0.4, -0.2) is 24.8 Å². The number of ether oxygens (including phenoxy) is 2. The van der Waals surface area contributed by atoms with E-state index in [1.54, 1.807) is 19.1 Å². The molecule has 1 aromatic rings. The lowest BCUT2D eigenvalue weighted by molar-refractivity contribution is -0.142. The molecule has 1 N–H and O–H groups in total. The van der Waals surface area contributed by atoms with Gasteiger partial charge < -0.3 is 14.6 Å². The predicted molar refractivity (Wildman–Crippen MR) is 64.0 cm³/mol. The lowest BCUT2D eigenvalue weighted by atomic mass is 9.98. The lowest BCUT2D eigenvalue weighted by Gasteiger charge is -2.13. The average Bonchev–Trinajstić information content (AvgIpc) is 2.38. The zero-order valence-corrected chi connectivity index (χ0v) is 10.4. The molecule has 5 heteroatoms. The second kappa shape index (κ2) is 6.62. The van der Waals surface area contributed by atoms with E-state index in [0.29, 0.717) is 22.4 Å². The van der Waals surface area contributed by atoms with Gasteiger partial charge in [-0.2, -0.15) is 5.26 Å². The van der Waals surface area contributed by atoms with E-state index in [1.165, 1.54) is 7.11 Å². The van der Waals surface area contributed by atoms with Gasteiger partial charge in [-0.3, -0.25) is 4.79 Å². The van der Waals surface area contributed by atoms with E-state index >= 15 is 0 Å². The number of aliphatic hydroxyl groups excluding tert-OH is 1. The largest absolute Gasteiger partial charge is 0.496 e. The van der Waals surface area contributed by atoms with Crippen LogP contribution in [0.1, 0.15) is 23.6 Å². The molecule has 0 amide bonds. The minimum Gasteiger partial charge on any atom is -0.496 e. The van der Waals surface area contributed by atoms with Crippen LogP contribution in [0, 0.1) is 11.3 Å². The Morgan fingerprint density at radius 1 is 1.44 bits per heavy atom. The van der Waals surface area contributed by atoms with Crippen molar-refractivity contribution in [2.45, 2.75) is 20.0 Å². The standard InChI is InChI=1S/C13H15NO4/c1-3-18-13(16)6-10-11(8-15)9(7-14)4-5-12(10)17-2/h4-5,15H,3,6,8H2,1-2H3. The first-order chi connectivity index (χ1) is 8.67. The lowest BCUT2D eigenvalue weighted by Crippen LogP contribution is -2.11. The Balaban J connectivity index is 3.20. The second-order valence-electron chi connectivity index (χ2n) is 3.52. The summed E-state index contributed by atoms with van der Waals surface area (Å²) in [6, 6.07) is 5.13. The Morgan fingerprint density at radius 2 is 2.17 bits per heavy atom. The van der Waals surface area contributed by atoms with Crippen molar-refractivity contribution >= 4 is 5.97 Å². The predicted octanol–water partition coefficient (Wildman–Crippen LogP) is 1.16. The molecule has 0 saturated carbocycles. The molecule has 5 nitrogen and oxygen atoms in total.